The van der Waals surface area contributed by atoms with E-state index in [1.807, 2.05) is 0 Å². The van der Waals surface area contributed by atoms with E-state index in [9.17, 15) is 18.0 Å². The number of ether oxygens (including phenoxy) is 2. The molecule has 0 aromatic rings. The van der Waals surface area contributed by atoms with Crippen LogP contribution in [0.2, 0.25) is 0 Å². The maximum absolute atomic E-state index is 11.4. The molecule has 1 aliphatic rings. The summed E-state index contributed by atoms with van der Waals surface area (Å²) in [6, 6.07) is 0. The van der Waals surface area contributed by atoms with Gasteiger partial charge in [0.1, 0.15) is 0 Å². The van der Waals surface area contributed by atoms with Crippen molar-refractivity contribution < 1.29 is 27.5 Å². The Morgan fingerprint density at radius 2 is 1.94 bits per heavy atom. The highest BCUT2D eigenvalue weighted by atomic mass is 32.2. The minimum Gasteiger partial charge on any atom is -0.450 e. The maximum Gasteiger partial charge on any atom is 0.409 e. The molecule has 0 aromatic heterocycles. The summed E-state index contributed by atoms with van der Waals surface area (Å²) < 4.78 is 31.2. The van der Waals surface area contributed by atoms with Crippen LogP contribution in [0.4, 0.5) is 4.79 Å². The van der Waals surface area contributed by atoms with Crippen LogP contribution in [0.25, 0.3) is 0 Å². The lowest BCUT2D eigenvalue weighted by Gasteiger charge is -2.35. The molecular weight excluding hydrogens is 264 g/mol. The minimum atomic E-state index is -2.89. The first-order valence-corrected chi connectivity index (χ1v) is 6.73. The number of hydrogen-bond donors (Lipinski definition) is 1. The Hall–Kier alpha value is -1.35. The van der Waals surface area contributed by atoms with Crippen molar-refractivity contribution in [1.82, 2.24) is 9.80 Å². The van der Waals surface area contributed by atoms with E-state index >= 15 is 0 Å². The molecule has 0 bridgehead atoms. The second kappa shape index (κ2) is 7.17. The van der Waals surface area contributed by atoms with Gasteiger partial charge in [-0.25, -0.2) is 13.2 Å². The summed E-state index contributed by atoms with van der Waals surface area (Å²) >= 11 is 0. The van der Waals surface area contributed by atoms with Gasteiger partial charge in [-0.2, -0.15) is 0 Å². The summed E-state index contributed by atoms with van der Waals surface area (Å²) in [7, 11) is -2.89. The number of carbonyl (C=O) groups excluding carboxylic acids is 2. The summed E-state index contributed by atoms with van der Waals surface area (Å²) in [5.74, 6) is 0. The Labute approximate surface area is 106 Å². The van der Waals surface area contributed by atoms with Crippen LogP contribution in [-0.4, -0.2) is 69.1 Å². The predicted molar refractivity (Wildman–Crippen MR) is 61.4 cm³/mol. The molecule has 8 nitrogen and oxygen atoms in total. The van der Waals surface area contributed by atoms with E-state index in [2.05, 4.69) is 4.74 Å². The molecule has 1 atom stereocenters. The molecule has 1 aliphatic heterocycles. The molecule has 18 heavy (non-hydrogen) atoms. The molecule has 9 heteroatoms. The Kier molecular flexibility index (Phi) is 5.86. The van der Waals surface area contributed by atoms with Gasteiger partial charge in [0.2, 0.25) is 0 Å². The van der Waals surface area contributed by atoms with Gasteiger partial charge in [0, 0.05) is 26.2 Å². The number of amides is 1. The highest BCUT2D eigenvalue weighted by Crippen LogP contribution is 2.09. The van der Waals surface area contributed by atoms with Gasteiger partial charge in [-0.1, -0.05) is 0 Å². The largest absolute Gasteiger partial charge is 0.450 e. The second-order valence-electron chi connectivity index (χ2n) is 3.57. The van der Waals surface area contributed by atoms with Crippen LogP contribution in [0, 0.1) is 0 Å². The van der Waals surface area contributed by atoms with Crippen LogP contribution in [0.3, 0.4) is 0 Å². The first kappa shape index (κ1) is 14.7. The van der Waals surface area contributed by atoms with Crippen molar-refractivity contribution >= 4 is 23.3 Å². The summed E-state index contributed by atoms with van der Waals surface area (Å²) in [5.41, 5.74) is -1.26. The smallest absolute Gasteiger partial charge is 0.409 e. The van der Waals surface area contributed by atoms with Gasteiger partial charge < -0.3 is 14.4 Å². The third-order valence-electron chi connectivity index (χ3n) is 2.51. The highest BCUT2D eigenvalue weighted by Gasteiger charge is 2.29. The summed E-state index contributed by atoms with van der Waals surface area (Å²) in [5, 5.41) is 0. The Bertz CT molecular complexity index is 356. The summed E-state index contributed by atoms with van der Waals surface area (Å²) in [4.78, 5) is 24.6. The molecule has 0 unspecified atom stereocenters. The fraction of sp³-hybridized carbons (Fsp3) is 0.778. The number of thiol groups is 1. The summed E-state index contributed by atoms with van der Waals surface area (Å²) in [6.07, 6.45) is -0.420. The van der Waals surface area contributed by atoms with Crippen molar-refractivity contribution in [2.45, 2.75) is 12.5 Å². The number of piperazine rings is 1. The van der Waals surface area contributed by atoms with Crippen LogP contribution in [-0.2, 0) is 25.0 Å². The first-order chi connectivity index (χ1) is 8.60. The standard InChI is InChI=1S/C9H16N2O6S/c1-2-16-8(13)10-3-5-11(6-4-10)9(17-7-12)18(14)15/h7,9,18H,2-6H2,1H3/t9-/m1/s1. The number of nitrogens with zero attached hydrogens (tertiary/aromatic N) is 2. The van der Waals surface area contributed by atoms with E-state index < -0.39 is 22.4 Å². The van der Waals surface area contributed by atoms with Crippen molar-refractivity contribution in [2.24, 2.45) is 0 Å². The lowest BCUT2D eigenvalue weighted by molar-refractivity contribution is -0.137. The van der Waals surface area contributed by atoms with Crippen LogP contribution < -0.4 is 0 Å². The Morgan fingerprint density at radius 3 is 2.39 bits per heavy atom. The quantitative estimate of drug-likeness (QED) is 0.501. The first-order valence-electron chi connectivity index (χ1n) is 5.48. The van der Waals surface area contributed by atoms with Gasteiger partial charge in [-0.05, 0) is 6.92 Å². The third-order valence-corrected chi connectivity index (χ3v) is 3.32. The average molecular weight is 280 g/mol. The van der Waals surface area contributed by atoms with E-state index in [0.29, 0.717) is 32.8 Å². The van der Waals surface area contributed by atoms with Gasteiger partial charge >= 0.3 is 6.09 Å². The molecule has 0 radical (unpaired) electrons. The second-order valence-corrected chi connectivity index (χ2v) is 4.58. The van der Waals surface area contributed by atoms with Gasteiger partial charge in [-0.15, -0.1) is 0 Å². The van der Waals surface area contributed by atoms with Gasteiger partial charge in [0.15, 0.2) is 10.7 Å². The van der Waals surface area contributed by atoms with Crippen molar-refractivity contribution in [3.05, 3.63) is 0 Å². The fourth-order valence-corrected chi connectivity index (χ4v) is 2.31. The Balaban J connectivity index is 2.51. The lowest BCUT2D eigenvalue weighted by Crippen LogP contribution is -2.53. The van der Waals surface area contributed by atoms with Crippen molar-refractivity contribution in [1.29, 1.82) is 0 Å². The molecule has 0 saturated carbocycles. The van der Waals surface area contributed by atoms with E-state index in [4.69, 9.17) is 4.74 Å². The Morgan fingerprint density at radius 1 is 1.33 bits per heavy atom. The van der Waals surface area contributed by atoms with Crippen LogP contribution in [0.1, 0.15) is 6.92 Å². The van der Waals surface area contributed by atoms with E-state index in [1.165, 1.54) is 9.80 Å². The lowest BCUT2D eigenvalue weighted by atomic mass is 10.3. The molecule has 1 saturated heterocycles. The predicted octanol–water partition coefficient (Wildman–Crippen LogP) is -1.17. The topological polar surface area (TPSA) is 93.2 Å². The molecule has 0 N–H and O–H groups in total. The fourth-order valence-electron chi connectivity index (χ4n) is 1.66. The monoisotopic (exact) mass is 280 g/mol. The van der Waals surface area contributed by atoms with E-state index in [0.717, 1.165) is 0 Å². The van der Waals surface area contributed by atoms with Gasteiger partial charge in [0.25, 0.3) is 12.0 Å². The van der Waals surface area contributed by atoms with Gasteiger partial charge in [-0.3, -0.25) is 9.69 Å². The van der Waals surface area contributed by atoms with Crippen molar-refractivity contribution in [3.63, 3.8) is 0 Å². The highest BCUT2D eigenvalue weighted by molar-refractivity contribution is 7.72. The van der Waals surface area contributed by atoms with Crippen LogP contribution >= 0.6 is 0 Å². The zero-order chi connectivity index (χ0) is 13.5. The minimum absolute atomic E-state index is 0.105. The molecule has 1 heterocycles. The zero-order valence-electron chi connectivity index (χ0n) is 9.98. The van der Waals surface area contributed by atoms with Crippen LogP contribution in [0.5, 0.6) is 0 Å². The van der Waals surface area contributed by atoms with E-state index in [-0.39, 0.29) is 6.47 Å². The molecule has 0 aliphatic carbocycles. The summed E-state index contributed by atoms with van der Waals surface area (Å²) in [6.45, 7) is 3.39. The molecular formula is C9H16N2O6S. The number of carbonyl (C=O) groups is 2. The normalized spacial score (nSPS) is 18.4. The molecule has 1 rings (SSSR count). The van der Waals surface area contributed by atoms with Crippen molar-refractivity contribution in [3.8, 4) is 0 Å². The van der Waals surface area contributed by atoms with Crippen LogP contribution in [0.15, 0.2) is 0 Å². The van der Waals surface area contributed by atoms with Crippen molar-refractivity contribution in [2.75, 3.05) is 32.8 Å². The molecule has 1 amide bonds. The zero-order valence-corrected chi connectivity index (χ0v) is 10.9. The molecule has 1 fully saturated rings. The number of hydrogen-bond acceptors (Lipinski definition) is 7. The third kappa shape index (κ3) is 3.84. The molecule has 0 aromatic carbocycles. The van der Waals surface area contributed by atoms with Gasteiger partial charge in [0.05, 0.1) is 6.61 Å². The SMILES string of the molecule is CCOC(=O)N1CCN([C@H](OC=O)[SH](=O)=O)CC1. The van der Waals surface area contributed by atoms with E-state index in [1.54, 1.807) is 6.92 Å². The maximum atomic E-state index is 11.4. The average Bonchev–Trinajstić information content (AvgIpc) is 2.36. The molecule has 0 spiro atoms. The number of rotatable bonds is 5. The molecule has 104 valence electrons.